The first-order chi connectivity index (χ1) is 9.92. The molecule has 21 heavy (non-hydrogen) atoms. The van der Waals surface area contributed by atoms with Crippen molar-refractivity contribution >= 4 is 0 Å². The Morgan fingerprint density at radius 1 is 1.19 bits per heavy atom. The normalized spacial score (nSPS) is 23.7. The van der Waals surface area contributed by atoms with E-state index in [0.717, 1.165) is 19.5 Å². The summed E-state index contributed by atoms with van der Waals surface area (Å²) in [5.41, 5.74) is 0. The number of nitrogens with zero attached hydrogens (tertiary/aromatic N) is 1. The van der Waals surface area contributed by atoms with Crippen molar-refractivity contribution in [2.45, 2.75) is 63.7 Å². The fourth-order valence-electron chi connectivity index (χ4n) is 2.86. The summed E-state index contributed by atoms with van der Waals surface area (Å²) in [7, 11) is 2.06. The van der Waals surface area contributed by atoms with Crippen molar-refractivity contribution in [1.82, 2.24) is 10.2 Å². The Morgan fingerprint density at radius 3 is 2.43 bits per heavy atom. The van der Waals surface area contributed by atoms with Gasteiger partial charge in [0, 0.05) is 25.2 Å². The maximum atomic E-state index is 11.9. The van der Waals surface area contributed by atoms with E-state index < -0.39 is 12.8 Å². The molecule has 0 saturated heterocycles. The van der Waals surface area contributed by atoms with E-state index in [1.54, 1.807) is 0 Å². The van der Waals surface area contributed by atoms with Crippen LogP contribution in [0.2, 0.25) is 0 Å². The Hall–Kier alpha value is -0.330. The van der Waals surface area contributed by atoms with Crippen LogP contribution in [0.25, 0.3) is 0 Å². The van der Waals surface area contributed by atoms with Crippen molar-refractivity contribution in [3.8, 4) is 0 Å². The van der Waals surface area contributed by atoms with Crippen molar-refractivity contribution in [3.63, 3.8) is 0 Å². The van der Waals surface area contributed by atoms with Gasteiger partial charge in [-0.05, 0) is 52.1 Å². The average molecular weight is 310 g/mol. The zero-order valence-corrected chi connectivity index (χ0v) is 13.2. The molecule has 0 aromatic carbocycles. The molecule has 1 aliphatic rings. The quantitative estimate of drug-likeness (QED) is 0.662. The lowest BCUT2D eigenvalue weighted by molar-refractivity contribution is -0.174. The number of nitrogens with one attached hydrogen (secondary N) is 1. The standard InChI is InChI=1S/C15H29F3N2O/c1-3-9-19-13-5-7-14(8-6-13)20(2)10-4-11-21-12-15(16,17)18/h13-14,19H,3-12H2,1-2H3. The summed E-state index contributed by atoms with van der Waals surface area (Å²) in [6.07, 6.45) is 2.33. The van der Waals surface area contributed by atoms with Gasteiger partial charge >= 0.3 is 6.18 Å². The molecular weight excluding hydrogens is 281 g/mol. The minimum atomic E-state index is -4.21. The average Bonchev–Trinajstić information content (AvgIpc) is 2.44. The third kappa shape index (κ3) is 8.63. The molecule has 0 amide bonds. The van der Waals surface area contributed by atoms with Gasteiger partial charge in [-0.25, -0.2) is 0 Å². The number of halogens is 3. The van der Waals surface area contributed by atoms with Crippen LogP contribution >= 0.6 is 0 Å². The Kier molecular flexibility index (Phi) is 8.59. The van der Waals surface area contributed by atoms with E-state index >= 15 is 0 Å². The predicted molar refractivity (Wildman–Crippen MR) is 78.5 cm³/mol. The summed E-state index contributed by atoms with van der Waals surface area (Å²) in [6.45, 7) is 3.10. The highest BCUT2D eigenvalue weighted by Gasteiger charge is 2.27. The smallest absolute Gasteiger partial charge is 0.372 e. The van der Waals surface area contributed by atoms with Gasteiger partial charge in [-0.1, -0.05) is 6.92 Å². The first kappa shape index (κ1) is 18.7. The number of rotatable bonds is 9. The van der Waals surface area contributed by atoms with Crippen molar-refractivity contribution in [2.75, 3.05) is 33.4 Å². The van der Waals surface area contributed by atoms with Crippen LogP contribution in [-0.4, -0.2) is 56.5 Å². The van der Waals surface area contributed by atoms with Gasteiger partial charge in [-0.2, -0.15) is 13.2 Å². The van der Waals surface area contributed by atoms with Crippen molar-refractivity contribution in [1.29, 1.82) is 0 Å². The molecule has 126 valence electrons. The molecule has 0 bridgehead atoms. The van der Waals surface area contributed by atoms with Gasteiger partial charge in [0.1, 0.15) is 6.61 Å². The lowest BCUT2D eigenvalue weighted by Gasteiger charge is -2.35. The third-order valence-corrected chi connectivity index (χ3v) is 4.07. The minimum absolute atomic E-state index is 0.178. The fourth-order valence-corrected chi connectivity index (χ4v) is 2.86. The largest absolute Gasteiger partial charge is 0.411 e. The number of alkyl halides is 3. The summed E-state index contributed by atoms with van der Waals surface area (Å²) in [5.74, 6) is 0. The third-order valence-electron chi connectivity index (χ3n) is 4.07. The number of ether oxygens (including phenoxy) is 1. The van der Waals surface area contributed by atoms with E-state index in [2.05, 4.69) is 28.9 Å². The van der Waals surface area contributed by atoms with Gasteiger partial charge in [-0.15, -0.1) is 0 Å². The van der Waals surface area contributed by atoms with E-state index in [4.69, 9.17) is 0 Å². The van der Waals surface area contributed by atoms with Gasteiger partial charge in [0.2, 0.25) is 0 Å². The van der Waals surface area contributed by atoms with E-state index in [0.29, 0.717) is 18.5 Å². The van der Waals surface area contributed by atoms with Gasteiger partial charge in [0.05, 0.1) is 0 Å². The maximum Gasteiger partial charge on any atom is 0.411 e. The molecule has 0 radical (unpaired) electrons. The molecule has 1 N–H and O–H groups in total. The molecule has 6 heteroatoms. The zero-order chi connectivity index (χ0) is 15.7. The summed E-state index contributed by atoms with van der Waals surface area (Å²) in [5, 5.41) is 3.56. The predicted octanol–water partition coefficient (Wildman–Crippen LogP) is 3.20. The van der Waals surface area contributed by atoms with Gasteiger partial charge in [0.25, 0.3) is 0 Å². The molecule has 0 heterocycles. The second kappa shape index (κ2) is 9.64. The molecule has 0 aliphatic heterocycles. The highest BCUT2D eigenvalue weighted by molar-refractivity contribution is 4.81. The van der Waals surface area contributed by atoms with Gasteiger partial charge in [-0.3, -0.25) is 0 Å². The fraction of sp³-hybridized carbons (Fsp3) is 1.00. The second-order valence-electron chi connectivity index (χ2n) is 5.96. The Labute approximate surface area is 126 Å². The SMILES string of the molecule is CCCNC1CCC(N(C)CCCOCC(F)(F)F)CC1. The van der Waals surface area contributed by atoms with E-state index in [1.807, 2.05) is 0 Å². The Bertz CT molecular complexity index is 266. The van der Waals surface area contributed by atoms with E-state index in [-0.39, 0.29) is 6.61 Å². The van der Waals surface area contributed by atoms with Crippen molar-refractivity contribution < 1.29 is 17.9 Å². The van der Waals surface area contributed by atoms with Crippen LogP contribution in [0.15, 0.2) is 0 Å². The highest BCUT2D eigenvalue weighted by Crippen LogP contribution is 2.22. The zero-order valence-electron chi connectivity index (χ0n) is 13.2. The molecule has 0 spiro atoms. The molecule has 1 aliphatic carbocycles. The molecule has 1 saturated carbocycles. The molecule has 0 aromatic rings. The second-order valence-corrected chi connectivity index (χ2v) is 5.96. The Morgan fingerprint density at radius 2 is 1.86 bits per heavy atom. The van der Waals surface area contributed by atoms with Crippen molar-refractivity contribution in [2.24, 2.45) is 0 Å². The monoisotopic (exact) mass is 310 g/mol. The summed E-state index contributed by atoms with van der Waals surface area (Å²) in [6, 6.07) is 1.21. The van der Waals surface area contributed by atoms with Crippen molar-refractivity contribution in [3.05, 3.63) is 0 Å². The summed E-state index contributed by atoms with van der Waals surface area (Å²) >= 11 is 0. The number of hydrogen-bond acceptors (Lipinski definition) is 3. The van der Waals surface area contributed by atoms with Crippen LogP contribution in [0, 0.1) is 0 Å². The molecule has 0 atom stereocenters. The molecule has 0 unspecified atom stereocenters. The minimum Gasteiger partial charge on any atom is -0.372 e. The molecule has 1 fully saturated rings. The van der Waals surface area contributed by atoms with E-state index in [9.17, 15) is 13.2 Å². The van der Waals surface area contributed by atoms with Crippen LogP contribution in [0.3, 0.4) is 0 Å². The van der Waals surface area contributed by atoms with E-state index in [1.165, 1.54) is 25.7 Å². The number of hydrogen-bond donors (Lipinski definition) is 1. The summed E-state index contributed by atoms with van der Waals surface area (Å²) in [4.78, 5) is 2.27. The molecule has 0 aromatic heterocycles. The van der Waals surface area contributed by atoms with Crippen LogP contribution in [-0.2, 0) is 4.74 Å². The van der Waals surface area contributed by atoms with Crippen LogP contribution in [0.1, 0.15) is 45.4 Å². The van der Waals surface area contributed by atoms with Gasteiger partial charge in [0.15, 0.2) is 0 Å². The van der Waals surface area contributed by atoms with Crippen LogP contribution in [0.4, 0.5) is 13.2 Å². The lowest BCUT2D eigenvalue weighted by atomic mass is 9.90. The topological polar surface area (TPSA) is 24.5 Å². The lowest BCUT2D eigenvalue weighted by Crippen LogP contribution is -2.41. The highest BCUT2D eigenvalue weighted by atomic mass is 19.4. The Balaban J connectivity index is 2.07. The van der Waals surface area contributed by atoms with Crippen LogP contribution in [0.5, 0.6) is 0 Å². The molecular formula is C15H29F3N2O. The van der Waals surface area contributed by atoms with Gasteiger partial charge < -0.3 is 15.0 Å². The first-order valence-corrected chi connectivity index (χ1v) is 8.00. The van der Waals surface area contributed by atoms with Crippen LogP contribution < -0.4 is 5.32 Å². The summed E-state index contributed by atoms with van der Waals surface area (Å²) < 4.78 is 40.4. The molecule has 3 nitrogen and oxygen atoms in total. The first-order valence-electron chi connectivity index (χ1n) is 8.00. The molecule has 1 rings (SSSR count). The maximum absolute atomic E-state index is 11.9.